The highest BCUT2D eigenvalue weighted by atomic mass is 19.4. The predicted molar refractivity (Wildman–Crippen MR) is 93.7 cm³/mol. The summed E-state index contributed by atoms with van der Waals surface area (Å²) in [5, 5.41) is 5.96. The number of fused-ring (bicyclic) bond motifs is 1. The summed E-state index contributed by atoms with van der Waals surface area (Å²) in [6.45, 7) is 0. The number of nitrogens with one attached hydrogen (secondary N) is 3. The first kappa shape index (κ1) is 18.3. The molecule has 0 aromatic carbocycles. The molecule has 1 atom stereocenters. The van der Waals surface area contributed by atoms with E-state index < -0.39 is 29.9 Å². The largest absolute Gasteiger partial charge is 0.408 e. The Balaban J connectivity index is 1.59. The van der Waals surface area contributed by atoms with Crippen molar-refractivity contribution in [1.82, 2.24) is 30.0 Å². The lowest BCUT2D eigenvalue weighted by atomic mass is 9.98. The highest BCUT2D eigenvalue weighted by Crippen LogP contribution is 2.35. The maximum atomic E-state index is 13.4. The molecule has 1 amide bonds. The van der Waals surface area contributed by atoms with E-state index in [4.69, 9.17) is 0 Å². The van der Waals surface area contributed by atoms with Gasteiger partial charge in [-0.15, -0.1) is 0 Å². The van der Waals surface area contributed by atoms with Crippen molar-refractivity contribution >= 4 is 17.2 Å². The molecular weight excluding hydrogens is 377 g/mol. The topological polar surface area (TPSA) is 108 Å². The number of carbonyl (C=O) groups excluding carboxylic acids is 1. The van der Waals surface area contributed by atoms with Crippen molar-refractivity contribution in [1.29, 1.82) is 0 Å². The smallest absolute Gasteiger partial charge is 0.324 e. The maximum absolute atomic E-state index is 13.4. The summed E-state index contributed by atoms with van der Waals surface area (Å²) in [6, 6.07) is -1.24. The number of imidazole rings is 1. The van der Waals surface area contributed by atoms with Gasteiger partial charge in [0.2, 0.25) is 0 Å². The summed E-state index contributed by atoms with van der Waals surface area (Å²) in [7, 11) is 0. The van der Waals surface area contributed by atoms with Gasteiger partial charge < -0.3 is 10.3 Å². The van der Waals surface area contributed by atoms with Crippen LogP contribution in [0.5, 0.6) is 0 Å². The van der Waals surface area contributed by atoms with Crippen LogP contribution in [0.3, 0.4) is 0 Å². The van der Waals surface area contributed by atoms with E-state index in [1.807, 2.05) is 0 Å². The number of hydrogen-bond donors (Lipinski definition) is 3. The van der Waals surface area contributed by atoms with Gasteiger partial charge in [0.05, 0.1) is 11.7 Å². The molecule has 0 bridgehead atoms. The lowest BCUT2D eigenvalue weighted by Crippen LogP contribution is -2.50. The molecule has 1 fully saturated rings. The van der Waals surface area contributed by atoms with Gasteiger partial charge in [0.1, 0.15) is 6.04 Å². The van der Waals surface area contributed by atoms with Crippen molar-refractivity contribution < 1.29 is 18.0 Å². The summed E-state index contributed by atoms with van der Waals surface area (Å²) >= 11 is 0. The zero-order valence-corrected chi connectivity index (χ0v) is 14.6. The summed E-state index contributed by atoms with van der Waals surface area (Å²) in [5.74, 6) is -0.622. The minimum Gasteiger partial charge on any atom is -0.324 e. The summed E-state index contributed by atoms with van der Waals surface area (Å²) in [4.78, 5) is 33.0. The zero-order chi connectivity index (χ0) is 19.9. The van der Waals surface area contributed by atoms with Gasteiger partial charge in [0.15, 0.2) is 5.65 Å². The Labute approximate surface area is 156 Å². The molecule has 0 spiro atoms. The normalized spacial score (nSPS) is 16.5. The van der Waals surface area contributed by atoms with Gasteiger partial charge in [-0.3, -0.25) is 4.98 Å². The molecule has 148 valence electrons. The maximum Gasteiger partial charge on any atom is 0.408 e. The lowest BCUT2D eigenvalue weighted by molar-refractivity contribution is -0.164. The second kappa shape index (κ2) is 6.80. The molecule has 8 nitrogen and oxygen atoms in total. The molecule has 1 aliphatic rings. The van der Waals surface area contributed by atoms with Crippen molar-refractivity contribution in [2.75, 3.05) is 0 Å². The van der Waals surface area contributed by atoms with Crippen LogP contribution >= 0.6 is 0 Å². The number of alkyl halides is 3. The monoisotopic (exact) mass is 394 g/mol. The number of hydrogen-bond acceptors (Lipinski definition) is 4. The molecular formula is C17H17F3N6O2. The van der Waals surface area contributed by atoms with Gasteiger partial charge in [-0.05, 0) is 24.8 Å². The van der Waals surface area contributed by atoms with E-state index in [9.17, 15) is 22.8 Å². The first-order chi connectivity index (χ1) is 13.3. The quantitative estimate of drug-likeness (QED) is 0.635. The van der Waals surface area contributed by atoms with Crippen LogP contribution in [0.25, 0.3) is 22.3 Å². The Bertz CT molecular complexity index is 1060. The van der Waals surface area contributed by atoms with Gasteiger partial charge in [-0.2, -0.15) is 23.0 Å². The fraction of sp³-hybridized carbons (Fsp3) is 0.412. The zero-order valence-electron chi connectivity index (χ0n) is 14.6. The molecule has 4 rings (SSSR count). The first-order valence-electron chi connectivity index (χ1n) is 8.82. The summed E-state index contributed by atoms with van der Waals surface area (Å²) in [6.07, 6.45) is 1.93. The van der Waals surface area contributed by atoms with E-state index >= 15 is 0 Å². The average Bonchev–Trinajstić information content (AvgIpc) is 3.37. The molecule has 3 N–H and O–H groups in total. The minimum atomic E-state index is -4.53. The van der Waals surface area contributed by atoms with Gasteiger partial charge in [-0.1, -0.05) is 12.8 Å². The Morgan fingerprint density at radius 1 is 1.29 bits per heavy atom. The molecule has 0 saturated heterocycles. The van der Waals surface area contributed by atoms with Crippen molar-refractivity contribution in [3.05, 3.63) is 35.1 Å². The highest BCUT2D eigenvalue weighted by molar-refractivity contribution is 5.89. The molecule has 3 aromatic heterocycles. The van der Waals surface area contributed by atoms with Crippen LogP contribution in [0.1, 0.15) is 25.7 Å². The number of amides is 1. The molecule has 28 heavy (non-hydrogen) atoms. The number of aromatic amines is 2. The van der Waals surface area contributed by atoms with Crippen molar-refractivity contribution in [3.63, 3.8) is 0 Å². The molecule has 1 unspecified atom stereocenters. The van der Waals surface area contributed by atoms with Crippen LogP contribution in [0.4, 0.5) is 18.0 Å². The van der Waals surface area contributed by atoms with E-state index in [2.05, 4.69) is 25.4 Å². The summed E-state index contributed by atoms with van der Waals surface area (Å²) < 4.78 is 41.1. The average molecular weight is 394 g/mol. The molecule has 1 saturated carbocycles. The van der Waals surface area contributed by atoms with Gasteiger partial charge >= 0.3 is 17.9 Å². The Kier molecular flexibility index (Phi) is 4.44. The minimum absolute atomic E-state index is 0.332. The predicted octanol–water partition coefficient (Wildman–Crippen LogP) is 2.79. The van der Waals surface area contributed by atoms with Crippen LogP contribution in [-0.4, -0.2) is 43.0 Å². The van der Waals surface area contributed by atoms with E-state index in [0.717, 1.165) is 17.5 Å². The second-order valence-corrected chi connectivity index (χ2v) is 6.85. The molecule has 3 heterocycles. The Morgan fingerprint density at radius 2 is 2.04 bits per heavy atom. The lowest BCUT2D eigenvalue weighted by Gasteiger charge is -2.26. The summed E-state index contributed by atoms with van der Waals surface area (Å²) in [5.41, 5.74) is 1.32. The molecule has 0 radical (unpaired) electrons. The Morgan fingerprint density at radius 3 is 2.75 bits per heavy atom. The van der Waals surface area contributed by atoms with Gasteiger partial charge in [0.25, 0.3) is 0 Å². The van der Waals surface area contributed by atoms with E-state index in [-0.39, 0.29) is 0 Å². The number of rotatable bonds is 3. The molecule has 11 heteroatoms. The van der Waals surface area contributed by atoms with Crippen LogP contribution in [0, 0.1) is 5.92 Å². The molecule has 0 aliphatic heterocycles. The SMILES string of the molecule is O=C(NC(C1CCCC1)C(F)(F)F)n1cc(-c2ccnc3[nH]c(=O)[nH]c23)cn1. The number of H-pyrrole nitrogens is 2. The van der Waals surface area contributed by atoms with Gasteiger partial charge in [0, 0.05) is 23.5 Å². The van der Waals surface area contributed by atoms with E-state index in [0.29, 0.717) is 35.1 Å². The van der Waals surface area contributed by atoms with Crippen molar-refractivity contribution in [2.45, 2.75) is 37.9 Å². The molecule has 3 aromatic rings. The fourth-order valence-corrected chi connectivity index (χ4v) is 3.71. The second-order valence-electron chi connectivity index (χ2n) is 6.85. The highest BCUT2D eigenvalue weighted by Gasteiger charge is 2.46. The third kappa shape index (κ3) is 3.39. The Hall–Kier alpha value is -3.11. The van der Waals surface area contributed by atoms with Crippen LogP contribution in [0.2, 0.25) is 0 Å². The van der Waals surface area contributed by atoms with Gasteiger partial charge in [-0.25, -0.2) is 14.6 Å². The molecule has 1 aliphatic carbocycles. The van der Waals surface area contributed by atoms with Crippen molar-refractivity contribution in [2.24, 2.45) is 5.92 Å². The fourth-order valence-electron chi connectivity index (χ4n) is 3.71. The third-order valence-electron chi connectivity index (χ3n) is 5.03. The van der Waals surface area contributed by atoms with Crippen LogP contribution in [0.15, 0.2) is 29.5 Å². The number of aromatic nitrogens is 5. The first-order valence-corrected chi connectivity index (χ1v) is 8.82. The number of nitrogens with zero attached hydrogens (tertiary/aromatic N) is 3. The van der Waals surface area contributed by atoms with Crippen LogP contribution < -0.4 is 11.0 Å². The number of carbonyl (C=O) groups is 1. The standard InChI is InChI=1S/C17H17F3N6O2/c18-17(19,20)13(9-3-1-2-4-9)24-16(28)26-8-10(7-22-26)11-5-6-21-14-12(11)23-15(27)25-14/h5-9,13H,1-4H2,(H,24,28)(H2,21,23,25,27). The number of pyridine rings is 1. The van der Waals surface area contributed by atoms with Crippen LogP contribution in [-0.2, 0) is 0 Å². The van der Waals surface area contributed by atoms with Crippen molar-refractivity contribution in [3.8, 4) is 11.1 Å². The van der Waals surface area contributed by atoms with E-state index in [1.165, 1.54) is 18.6 Å². The number of halogens is 3. The van der Waals surface area contributed by atoms with E-state index in [1.54, 1.807) is 6.07 Å². The third-order valence-corrected chi connectivity index (χ3v) is 5.03.